The van der Waals surface area contributed by atoms with Gasteiger partial charge in [-0.2, -0.15) is 0 Å². The zero-order chi connectivity index (χ0) is 21.9. The summed E-state index contributed by atoms with van der Waals surface area (Å²) in [6.07, 6.45) is 1.61. The number of methoxy groups -OCH3 is 3. The molecule has 1 aliphatic heterocycles. The zero-order valence-corrected chi connectivity index (χ0v) is 15.6. The lowest BCUT2D eigenvalue weighted by atomic mass is 9.88. The number of nitrogens with zero attached hydrogens (tertiary/aromatic N) is 1. The van der Waals surface area contributed by atoms with Gasteiger partial charge in [0, 0.05) is 12.6 Å². The number of aromatic hydroxyl groups is 2. The molecule has 2 aromatic carbocycles. The average molecular weight is 379 g/mol. The molecule has 0 bridgehead atoms. The highest BCUT2D eigenvalue weighted by Gasteiger charge is 2.26. The Hall–Kier alpha value is -2.60. The van der Waals surface area contributed by atoms with E-state index in [9.17, 15) is 11.6 Å². The monoisotopic (exact) mass is 379 g/mol. The fourth-order valence-electron chi connectivity index (χ4n) is 3.51. The zero-order valence-electron chi connectivity index (χ0n) is 18.6. The average Bonchev–Trinajstić information content (AvgIpc) is 2.72. The number of benzene rings is 2. The van der Waals surface area contributed by atoms with Gasteiger partial charge in [0.2, 0.25) is 5.75 Å². The number of phenolic OH excluding ortho intramolecular Hbond substituents is 2. The van der Waals surface area contributed by atoms with E-state index < -0.39 is 6.02 Å². The van der Waals surface area contributed by atoms with Gasteiger partial charge < -0.3 is 24.4 Å². The Morgan fingerprint density at radius 2 is 1.93 bits per heavy atom. The van der Waals surface area contributed by atoms with E-state index in [1.54, 1.807) is 18.2 Å². The Morgan fingerprint density at radius 1 is 1.11 bits per heavy atom. The topological polar surface area (TPSA) is 71.4 Å². The largest absolute Gasteiger partial charge is 0.504 e. The first-order valence-corrected chi connectivity index (χ1v) is 8.65. The van der Waals surface area contributed by atoms with E-state index in [1.165, 1.54) is 13.2 Å². The maximum Gasteiger partial charge on any atom is 0.203 e. The second kappa shape index (κ2) is 7.96. The minimum Gasteiger partial charge on any atom is -0.504 e. The van der Waals surface area contributed by atoms with Gasteiger partial charge in [-0.15, -0.1) is 0 Å². The molecule has 0 aromatic heterocycles. The van der Waals surface area contributed by atoms with Gasteiger partial charge in [0.15, 0.2) is 23.0 Å². The highest BCUT2D eigenvalue weighted by Crippen LogP contribution is 2.41. The highest BCUT2D eigenvalue weighted by molar-refractivity contribution is 5.53. The molecule has 0 fully saturated rings. The molecule has 6 heteroatoms. The van der Waals surface area contributed by atoms with Crippen molar-refractivity contribution >= 4 is 0 Å². The third kappa shape index (κ3) is 3.76. The normalized spacial score (nSPS) is 20.9. The van der Waals surface area contributed by atoms with Gasteiger partial charge >= 0.3 is 0 Å². The van der Waals surface area contributed by atoms with Crippen molar-refractivity contribution in [3.05, 3.63) is 41.0 Å². The van der Waals surface area contributed by atoms with Crippen molar-refractivity contribution in [1.82, 2.24) is 4.90 Å². The maximum absolute atomic E-state index is 10.3. The highest BCUT2D eigenvalue weighted by atomic mass is 16.5. The summed E-state index contributed by atoms with van der Waals surface area (Å²) in [5.74, 6) is 0.475. The number of fused-ring (bicyclic) bond motifs is 1. The van der Waals surface area contributed by atoms with Crippen LogP contribution in [-0.4, -0.2) is 50.0 Å². The van der Waals surface area contributed by atoms with Crippen LogP contribution in [0.3, 0.4) is 0 Å². The molecule has 2 N–H and O–H groups in total. The fraction of sp³-hybridized carbons (Fsp3) is 0.429. The summed E-state index contributed by atoms with van der Waals surface area (Å²) < 4.78 is 39.2. The van der Waals surface area contributed by atoms with E-state index >= 15 is 0 Å². The number of phenols is 2. The third-order valence-corrected chi connectivity index (χ3v) is 4.94. The molecule has 0 unspecified atom stereocenters. The first-order valence-electron chi connectivity index (χ1n) is 10.6. The minimum absolute atomic E-state index is 0.00356. The molecule has 0 radical (unpaired) electrons. The molecule has 0 amide bonds. The molecule has 1 atom stereocenters. The summed E-state index contributed by atoms with van der Waals surface area (Å²) in [6.45, 7) is 0.694. The van der Waals surface area contributed by atoms with Gasteiger partial charge in [-0.3, -0.25) is 4.90 Å². The predicted molar refractivity (Wildman–Crippen MR) is 103 cm³/mol. The van der Waals surface area contributed by atoms with Gasteiger partial charge in [0.05, 0.1) is 25.4 Å². The van der Waals surface area contributed by atoms with Crippen LogP contribution < -0.4 is 14.2 Å². The van der Waals surface area contributed by atoms with E-state index in [0.29, 0.717) is 25.1 Å². The second-order valence-electron chi connectivity index (χ2n) is 6.53. The van der Waals surface area contributed by atoms with Crippen LogP contribution in [0.4, 0.5) is 0 Å². The third-order valence-electron chi connectivity index (χ3n) is 4.94. The molecular weight excluding hydrogens is 346 g/mol. The molecule has 0 saturated heterocycles. The van der Waals surface area contributed by atoms with Gasteiger partial charge in [0.25, 0.3) is 0 Å². The lowest BCUT2D eigenvalue weighted by Crippen LogP contribution is -2.32. The van der Waals surface area contributed by atoms with Crippen LogP contribution in [0.1, 0.15) is 33.2 Å². The molecule has 0 spiro atoms. The summed E-state index contributed by atoms with van der Waals surface area (Å²) in [5, 5.41) is 20.5. The molecule has 27 heavy (non-hydrogen) atoms. The molecule has 3 rings (SSSR count). The lowest BCUT2D eigenvalue weighted by molar-refractivity contribution is 0.218. The first kappa shape index (κ1) is 15.5. The predicted octanol–water partition coefficient (Wildman–Crippen LogP) is 3.29. The number of ether oxygens (including phenoxy) is 3. The molecule has 1 aliphatic rings. The van der Waals surface area contributed by atoms with Gasteiger partial charge in [-0.05, 0) is 67.3 Å². The van der Waals surface area contributed by atoms with Crippen LogP contribution in [0.2, 0.25) is 0 Å². The van der Waals surface area contributed by atoms with Crippen molar-refractivity contribution in [1.29, 1.82) is 0 Å². The first-order chi connectivity index (χ1) is 14.3. The molecule has 0 saturated carbocycles. The Morgan fingerprint density at radius 3 is 2.67 bits per heavy atom. The number of hydrogen-bond acceptors (Lipinski definition) is 6. The molecule has 146 valence electrons. The summed E-state index contributed by atoms with van der Waals surface area (Å²) >= 11 is 0. The van der Waals surface area contributed by atoms with Crippen LogP contribution in [0, 0.1) is 0 Å². The van der Waals surface area contributed by atoms with Crippen molar-refractivity contribution in [3.8, 4) is 28.7 Å². The Bertz CT molecular complexity index is 911. The van der Waals surface area contributed by atoms with Crippen molar-refractivity contribution in [3.63, 3.8) is 0 Å². The molecule has 2 aromatic rings. The Balaban J connectivity index is 1.91. The summed E-state index contributed by atoms with van der Waals surface area (Å²) in [5.41, 5.74) is 2.42. The van der Waals surface area contributed by atoms with Crippen LogP contribution in [-0.2, 0) is 12.8 Å². The lowest BCUT2D eigenvalue weighted by Gasteiger charge is -2.35. The molecular formula is C21H27NO5. The maximum atomic E-state index is 10.3. The summed E-state index contributed by atoms with van der Waals surface area (Å²) in [6, 6.07) is 5.52. The van der Waals surface area contributed by atoms with E-state index in [2.05, 4.69) is 0 Å². The summed E-state index contributed by atoms with van der Waals surface area (Å²) in [7, 11) is 2.65. The van der Waals surface area contributed by atoms with Gasteiger partial charge in [0.1, 0.15) is 0 Å². The quantitative estimate of drug-likeness (QED) is 0.803. The van der Waals surface area contributed by atoms with Crippen molar-refractivity contribution in [2.75, 3.05) is 34.9 Å². The standard InChI is InChI=1S/C21H27NO5/c1-22-8-7-14-11-19(25-2)17(23)12-15(14)16(22)6-5-13-9-18(24)21(27-4)20(10-13)26-3/h9-12,16,23-24H,5-8H2,1-4H3/t16-/m0/s1/i3T,4T,16T. The molecule has 0 aliphatic carbocycles. The van der Waals surface area contributed by atoms with Crippen LogP contribution in [0.25, 0.3) is 0 Å². The van der Waals surface area contributed by atoms with Crippen LogP contribution >= 0.6 is 0 Å². The fourth-order valence-corrected chi connectivity index (χ4v) is 3.51. The number of rotatable bonds is 6. The molecule has 1 heterocycles. The van der Waals surface area contributed by atoms with Crippen molar-refractivity contribution in [2.45, 2.75) is 25.3 Å². The Kier molecular flexibility index (Phi) is 4.56. The molecule has 6 nitrogen and oxygen atoms in total. The van der Waals surface area contributed by atoms with Crippen LogP contribution in [0.5, 0.6) is 28.7 Å². The smallest absolute Gasteiger partial charge is 0.203 e. The van der Waals surface area contributed by atoms with Crippen molar-refractivity contribution < 1.29 is 28.5 Å². The van der Waals surface area contributed by atoms with E-state index in [4.69, 9.17) is 17.0 Å². The Labute approximate surface area is 164 Å². The number of aryl methyl sites for hydroxylation is 1. The van der Waals surface area contributed by atoms with Gasteiger partial charge in [-0.25, -0.2) is 0 Å². The van der Waals surface area contributed by atoms with E-state index in [0.717, 1.165) is 23.1 Å². The van der Waals surface area contributed by atoms with E-state index in [-0.39, 0.29) is 37.2 Å². The van der Waals surface area contributed by atoms with Crippen LogP contribution in [0.15, 0.2) is 24.3 Å². The minimum atomic E-state index is -1.07. The number of likely N-dealkylation sites (N-methyl/N-ethyl adjacent to an activating group) is 1. The summed E-state index contributed by atoms with van der Waals surface area (Å²) in [4.78, 5) is 1.94. The van der Waals surface area contributed by atoms with Crippen molar-refractivity contribution in [2.24, 2.45) is 0 Å². The van der Waals surface area contributed by atoms with Gasteiger partial charge in [-0.1, -0.05) is 0 Å². The number of hydrogen-bond donors (Lipinski definition) is 2. The second-order valence-corrected chi connectivity index (χ2v) is 6.53. The SMILES string of the molecule is [3H]COc1cc(CC[C@@]2([3H])c3cc(O)c(OC)cc3CCN2C)cc(O)c1OC[3H]. The van der Waals surface area contributed by atoms with E-state index in [1.807, 2.05) is 11.9 Å².